The van der Waals surface area contributed by atoms with Crippen LogP contribution in [0.5, 0.6) is 0 Å². The summed E-state index contributed by atoms with van der Waals surface area (Å²) < 4.78 is 53.2. The van der Waals surface area contributed by atoms with Crippen LogP contribution in [0.3, 0.4) is 0 Å². The molecule has 0 bridgehead atoms. The van der Waals surface area contributed by atoms with E-state index in [2.05, 4.69) is 15.0 Å². The molecule has 9 heteroatoms. The van der Waals surface area contributed by atoms with Crippen LogP contribution in [0, 0.1) is 11.6 Å². The van der Waals surface area contributed by atoms with Gasteiger partial charge in [-0.15, -0.1) is 0 Å². The average Bonchev–Trinajstić information content (AvgIpc) is 2.74. The molecule has 0 atom stereocenters. The molecule has 0 aliphatic carbocycles. The predicted molar refractivity (Wildman–Crippen MR) is 109 cm³/mol. The van der Waals surface area contributed by atoms with Crippen molar-refractivity contribution in [1.82, 2.24) is 9.71 Å². The van der Waals surface area contributed by atoms with Crippen molar-refractivity contribution in [2.75, 3.05) is 5.32 Å². The van der Waals surface area contributed by atoms with Gasteiger partial charge >= 0.3 is 0 Å². The molecule has 0 aliphatic rings. The molecule has 1 heterocycles. The Morgan fingerprint density at radius 1 is 0.967 bits per heavy atom. The highest BCUT2D eigenvalue weighted by atomic mass is 32.2. The molecule has 2 N–H and O–H groups in total. The van der Waals surface area contributed by atoms with E-state index in [4.69, 9.17) is 0 Å². The van der Waals surface area contributed by atoms with Gasteiger partial charge < -0.3 is 5.32 Å². The molecule has 1 amide bonds. The molecule has 0 saturated heterocycles. The van der Waals surface area contributed by atoms with Crippen LogP contribution in [0.1, 0.15) is 11.1 Å². The number of hydrogen-bond acceptors (Lipinski definition) is 4. The van der Waals surface area contributed by atoms with Gasteiger partial charge in [0.1, 0.15) is 0 Å². The topological polar surface area (TPSA) is 88.2 Å². The summed E-state index contributed by atoms with van der Waals surface area (Å²) in [5, 5.41) is 2.63. The molecule has 0 unspecified atom stereocenters. The number of aromatic nitrogens is 1. The van der Waals surface area contributed by atoms with Crippen LogP contribution in [0.4, 0.5) is 14.5 Å². The minimum atomic E-state index is -3.87. The SMILES string of the molecule is O=C(/C=C/c1ccncc1)Nc1ccc(S(=O)(=O)NCc2ccc(F)c(F)c2)cc1. The van der Waals surface area contributed by atoms with E-state index >= 15 is 0 Å². The molecule has 0 radical (unpaired) electrons. The van der Waals surface area contributed by atoms with Crippen molar-refractivity contribution in [2.45, 2.75) is 11.4 Å². The zero-order valence-electron chi connectivity index (χ0n) is 15.5. The van der Waals surface area contributed by atoms with Gasteiger partial charge in [0.25, 0.3) is 0 Å². The lowest BCUT2D eigenvalue weighted by Gasteiger charge is -2.08. The van der Waals surface area contributed by atoms with Gasteiger partial charge in [0, 0.05) is 30.7 Å². The maximum Gasteiger partial charge on any atom is 0.248 e. The molecule has 2 aromatic carbocycles. The number of carbonyl (C=O) groups excluding carboxylic acids is 1. The second kappa shape index (κ2) is 9.38. The van der Waals surface area contributed by atoms with Crippen LogP contribution in [-0.2, 0) is 21.4 Å². The van der Waals surface area contributed by atoms with Crippen LogP contribution in [0.15, 0.2) is 78.0 Å². The summed E-state index contributed by atoms with van der Waals surface area (Å²) >= 11 is 0. The fourth-order valence-corrected chi connectivity index (χ4v) is 3.48. The van der Waals surface area contributed by atoms with Gasteiger partial charge in [-0.2, -0.15) is 0 Å². The first kappa shape index (κ1) is 21.3. The van der Waals surface area contributed by atoms with E-state index in [0.717, 1.165) is 17.7 Å². The van der Waals surface area contributed by atoms with Crippen molar-refractivity contribution < 1.29 is 22.0 Å². The van der Waals surface area contributed by atoms with Crippen molar-refractivity contribution in [3.63, 3.8) is 0 Å². The number of pyridine rings is 1. The molecule has 154 valence electrons. The molecule has 1 aromatic heterocycles. The summed E-state index contributed by atoms with van der Waals surface area (Å²) in [5.74, 6) is -2.43. The smallest absolute Gasteiger partial charge is 0.248 e. The maximum absolute atomic E-state index is 13.2. The summed E-state index contributed by atoms with van der Waals surface area (Å²) in [6.45, 7) is -0.197. The summed E-state index contributed by atoms with van der Waals surface area (Å²) in [6, 6.07) is 12.2. The number of carbonyl (C=O) groups is 1. The van der Waals surface area contributed by atoms with Gasteiger partial charge in [-0.25, -0.2) is 21.9 Å². The Balaban J connectivity index is 1.60. The van der Waals surface area contributed by atoms with Gasteiger partial charge in [0.05, 0.1) is 4.90 Å². The molecular weight excluding hydrogens is 412 g/mol. The van der Waals surface area contributed by atoms with Crippen LogP contribution < -0.4 is 10.0 Å². The van der Waals surface area contributed by atoms with E-state index in [1.807, 2.05) is 0 Å². The van der Waals surface area contributed by atoms with Gasteiger partial charge in [-0.3, -0.25) is 9.78 Å². The monoisotopic (exact) mass is 429 g/mol. The van der Waals surface area contributed by atoms with Crippen LogP contribution in [0.25, 0.3) is 6.08 Å². The fourth-order valence-electron chi connectivity index (χ4n) is 2.46. The van der Waals surface area contributed by atoms with E-state index in [1.54, 1.807) is 30.6 Å². The third-order valence-electron chi connectivity index (χ3n) is 4.02. The number of sulfonamides is 1. The summed E-state index contributed by atoms with van der Waals surface area (Å²) in [4.78, 5) is 15.8. The van der Waals surface area contributed by atoms with E-state index in [9.17, 15) is 22.0 Å². The second-order valence-corrected chi connectivity index (χ2v) is 7.97. The summed E-state index contributed by atoms with van der Waals surface area (Å²) in [7, 11) is -3.87. The number of amides is 1. The Labute approximate surface area is 172 Å². The minimum absolute atomic E-state index is 0.0320. The largest absolute Gasteiger partial charge is 0.323 e. The average molecular weight is 429 g/mol. The first-order valence-corrected chi connectivity index (χ1v) is 10.2. The lowest BCUT2D eigenvalue weighted by Crippen LogP contribution is -2.23. The molecule has 0 saturated carbocycles. The number of benzene rings is 2. The zero-order valence-corrected chi connectivity index (χ0v) is 16.4. The molecule has 0 fully saturated rings. The van der Waals surface area contributed by atoms with Gasteiger partial charge in [0.15, 0.2) is 11.6 Å². The van der Waals surface area contributed by atoms with E-state index < -0.39 is 21.7 Å². The van der Waals surface area contributed by atoms with Crippen molar-refractivity contribution >= 4 is 27.7 Å². The summed E-state index contributed by atoms with van der Waals surface area (Å²) in [5.41, 5.74) is 1.51. The highest BCUT2D eigenvalue weighted by molar-refractivity contribution is 7.89. The Hall–Kier alpha value is -3.43. The van der Waals surface area contributed by atoms with Crippen LogP contribution in [-0.4, -0.2) is 19.3 Å². The lowest BCUT2D eigenvalue weighted by molar-refractivity contribution is -0.111. The van der Waals surface area contributed by atoms with Gasteiger partial charge in [0.2, 0.25) is 15.9 Å². The van der Waals surface area contributed by atoms with Crippen LogP contribution >= 0.6 is 0 Å². The molecule has 3 aromatic rings. The Kier molecular flexibility index (Phi) is 6.65. The lowest BCUT2D eigenvalue weighted by atomic mass is 10.2. The quantitative estimate of drug-likeness (QED) is 0.563. The Morgan fingerprint density at radius 2 is 1.67 bits per heavy atom. The molecule has 0 spiro atoms. The second-order valence-electron chi connectivity index (χ2n) is 6.20. The zero-order chi connectivity index (χ0) is 21.6. The third kappa shape index (κ3) is 5.79. The van der Waals surface area contributed by atoms with E-state index in [-0.39, 0.29) is 22.9 Å². The number of nitrogens with one attached hydrogen (secondary N) is 2. The van der Waals surface area contributed by atoms with Crippen molar-refractivity contribution in [3.05, 3.63) is 95.8 Å². The highest BCUT2D eigenvalue weighted by Gasteiger charge is 2.14. The predicted octanol–water partition coefficient (Wildman–Crippen LogP) is 3.49. The van der Waals surface area contributed by atoms with Crippen LogP contribution in [0.2, 0.25) is 0 Å². The summed E-state index contributed by atoms with van der Waals surface area (Å²) in [6.07, 6.45) is 6.19. The first-order valence-electron chi connectivity index (χ1n) is 8.76. The number of anilines is 1. The molecule has 30 heavy (non-hydrogen) atoms. The standard InChI is InChI=1S/C21H17F2N3O3S/c22-19-7-1-16(13-20(19)23)14-25-30(28,29)18-5-3-17(4-6-18)26-21(27)8-2-15-9-11-24-12-10-15/h1-13,25H,14H2,(H,26,27)/b8-2+. The van der Waals surface area contributed by atoms with Crippen molar-refractivity contribution in [2.24, 2.45) is 0 Å². The number of hydrogen-bond donors (Lipinski definition) is 2. The third-order valence-corrected chi connectivity index (χ3v) is 5.43. The highest BCUT2D eigenvalue weighted by Crippen LogP contribution is 2.15. The molecule has 0 aliphatic heterocycles. The minimum Gasteiger partial charge on any atom is -0.323 e. The van der Waals surface area contributed by atoms with Crippen molar-refractivity contribution in [3.8, 4) is 0 Å². The van der Waals surface area contributed by atoms with Gasteiger partial charge in [-0.1, -0.05) is 6.07 Å². The van der Waals surface area contributed by atoms with Crippen molar-refractivity contribution in [1.29, 1.82) is 0 Å². The Morgan fingerprint density at radius 3 is 2.33 bits per heavy atom. The number of nitrogens with zero attached hydrogens (tertiary/aromatic N) is 1. The van der Waals surface area contributed by atoms with E-state index in [0.29, 0.717) is 5.69 Å². The maximum atomic E-state index is 13.2. The van der Waals surface area contributed by atoms with E-state index in [1.165, 1.54) is 36.4 Å². The number of rotatable bonds is 7. The first-order chi connectivity index (χ1) is 14.3. The molecular formula is C21H17F2N3O3S. The molecule has 6 nitrogen and oxygen atoms in total. The fraction of sp³-hybridized carbons (Fsp3) is 0.0476. The van der Waals surface area contributed by atoms with Gasteiger partial charge in [-0.05, 0) is 65.7 Å². The Bertz CT molecular complexity index is 1170. The number of halogens is 2. The molecule has 3 rings (SSSR count). The normalized spacial score (nSPS) is 11.5.